The Morgan fingerprint density at radius 3 is 2.35 bits per heavy atom. The fourth-order valence-electron chi connectivity index (χ4n) is 3.32. The highest BCUT2D eigenvalue weighted by atomic mass is 35.5. The molecule has 1 fully saturated rings. The van der Waals surface area contributed by atoms with Gasteiger partial charge in [0.15, 0.2) is 0 Å². The van der Waals surface area contributed by atoms with Gasteiger partial charge in [-0.25, -0.2) is 8.42 Å². The molecule has 1 aliphatic heterocycles. The van der Waals surface area contributed by atoms with Crippen LogP contribution in [-0.2, 0) is 14.8 Å². The largest absolute Gasteiger partial charge is 0.403 e. The predicted octanol–water partition coefficient (Wildman–Crippen LogP) is 4.08. The van der Waals surface area contributed by atoms with Crippen LogP contribution in [0.4, 0.5) is 6.01 Å². The van der Waals surface area contributed by atoms with Crippen LogP contribution < -0.4 is 5.32 Å². The molecule has 31 heavy (non-hydrogen) atoms. The summed E-state index contributed by atoms with van der Waals surface area (Å²) in [5, 5.41) is 11.4. The van der Waals surface area contributed by atoms with Gasteiger partial charge in [-0.3, -0.25) is 10.1 Å². The SMILES string of the molecule is O=C(Nc1nnc(-c2ccc(Cl)cc2)o1)C1CCCN(S(=O)(=O)c2ccc(Cl)cc2)C1. The van der Waals surface area contributed by atoms with Gasteiger partial charge in [0.25, 0.3) is 0 Å². The molecule has 1 aliphatic rings. The van der Waals surface area contributed by atoms with Crippen LogP contribution >= 0.6 is 23.2 Å². The monoisotopic (exact) mass is 480 g/mol. The zero-order valence-corrected chi connectivity index (χ0v) is 18.5. The van der Waals surface area contributed by atoms with E-state index in [4.69, 9.17) is 27.6 Å². The van der Waals surface area contributed by atoms with Crippen molar-refractivity contribution in [1.29, 1.82) is 0 Å². The highest BCUT2D eigenvalue weighted by Gasteiger charge is 2.33. The zero-order chi connectivity index (χ0) is 22.0. The molecule has 2 aromatic carbocycles. The number of piperidine rings is 1. The Kier molecular flexibility index (Phi) is 6.29. The number of rotatable bonds is 5. The van der Waals surface area contributed by atoms with Gasteiger partial charge in [0.2, 0.25) is 21.8 Å². The van der Waals surface area contributed by atoms with Gasteiger partial charge in [0, 0.05) is 28.7 Å². The standard InChI is InChI=1S/C20H18Cl2N4O4S/c21-15-5-3-13(4-6-15)19-24-25-20(30-19)23-18(27)14-2-1-11-26(12-14)31(28,29)17-9-7-16(22)8-10-17/h3-10,14H,1-2,11-12H2,(H,23,25,27). The Bertz CT molecular complexity index is 1180. The van der Waals surface area contributed by atoms with Crippen molar-refractivity contribution < 1.29 is 17.6 Å². The Morgan fingerprint density at radius 2 is 1.68 bits per heavy atom. The van der Waals surface area contributed by atoms with Crippen LogP contribution in [-0.4, -0.2) is 41.9 Å². The van der Waals surface area contributed by atoms with Crippen LogP contribution in [0.2, 0.25) is 10.0 Å². The van der Waals surface area contributed by atoms with Crippen molar-refractivity contribution in [3.63, 3.8) is 0 Å². The number of hydrogen-bond donors (Lipinski definition) is 1. The Balaban J connectivity index is 1.43. The van der Waals surface area contributed by atoms with Gasteiger partial charge in [-0.1, -0.05) is 28.3 Å². The minimum atomic E-state index is -3.72. The molecule has 3 aromatic rings. The highest BCUT2D eigenvalue weighted by Crippen LogP contribution is 2.26. The summed E-state index contributed by atoms with van der Waals surface area (Å²) in [6.45, 7) is 0.408. The first kappa shape index (κ1) is 21.8. The third-order valence-corrected chi connectivity index (χ3v) is 7.34. The lowest BCUT2D eigenvalue weighted by Crippen LogP contribution is -2.43. The number of hydrogen-bond acceptors (Lipinski definition) is 6. The second-order valence-electron chi connectivity index (χ2n) is 7.06. The lowest BCUT2D eigenvalue weighted by Gasteiger charge is -2.30. The minimum absolute atomic E-state index is 0.0485. The van der Waals surface area contributed by atoms with Crippen molar-refractivity contribution in [3.05, 3.63) is 58.6 Å². The topological polar surface area (TPSA) is 105 Å². The number of nitrogens with zero attached hydrogens (tertiary/aromatic N) is 3. The zero-order valence-electron chi connectivity index (χ0n) is 16.2. The molecule has 0 radical (unpaired) electrons. The lowest BCUT2D eigenvalue weighted by atomic mass is 9.99. The van der Waals surface area contributed by atoms with Crippen molar-refractivity contribution in [3.8, 4) is 11.5 Å². The quantitative estimate of drug-likeness (QED) is 0.589. The first-order valence-electron chi connectivity index (χ1n) is 9.49. The first-order chi connectivity index (χ1) is 14.8. The molecule has 1 aromatic heterocycles. The van der Waals surface area contributed by atoms with E-state index < -0.39 is 15.9 Å². The number of anilines is 1. The number of nitrogens with one attached hydrogen (secondary N) is 1. The van der Waals surface area contributed by atoms with E-state index in [0.717, 1.165) is 0 Å². The van der Waals surface area contributed by atoms with Crippen molar-refractivity contribution >= 4 is 45.1 Å². The van der Waals surface area contributed by atoms with Gasteiger partial charge in [-0.05, 0) is 61.4 Å². The summed E-state index contributed by atoms with van der Waals surface area (Å²) in [6.07, 6.45) is 1.11. The number of carbonyl (C=O) groups excluding carboxylic acids is 1. The molecule has 1 unspecified atom stereocenters. The second-order valence-corrected chi connectivity index (χ2v) is 9.88. The number of aromatic nitrogens is 2. The van der Waals surface area contributed by atoms with E-state index in [1.807, 2.05) is 0 Å². The van der Waals surface area contributed by atoms with E-state index in [0.29, 0.717) is 35.0 Å². The van der Waals surface area contributed by atoms with E-state index in [9.17, 15) is 13.2 Å². The van der Waals surface area contributed by atoms with E-state index in [2.05, 4.69) is 15.5 Å². The van der Waals surface area contributed by atoms with Gasteiger partial charge >= 0.3 is 6.01 Å². The van der Waals surface area contributed by atoms with Crippen LogP contribution in [0.25, 0.3) is 11.5 Å². The second kappa shape index (κ2) is 8.96. The van der Waals surface area contributed by atoms with Crippen LogP contribution in [0.1, 0.15) is 12.8 Å². The summed E-state index contributed by atoms with van der Waals surface area (Å²) in [5.41, 5.74) is 0.662. The van der Waals surface area contributed by atoms with E-state index in [-0.39, 0.29) is 29.3 Å². The van der Waals surface area contributed by atoms with Crippen molar-refractivity contribution in [2.24, 2.45) is 5.92 Å². The maximum atomic E-state index is 12.9. The average Bonchev–Trinajstić information content (AvgIpc) is 3.23. The fraction of sp³-hybridized carbons (Fsp3) is 0.250. The van der Waals surface area contributed by atoms with Gasteiger partial charge < -0.3 is 4.42 Å². The van der Waals surface area contributed by atoms with Gasteiger partial charge in [0.05, 0.1) is 10.8 Å². The molecular weight excluding hydrogens is 463 g/mol. The Hall–Kier alpha value is -2.46. The number of benzene rings is 2. The van der Waals surface area contributed by atoms with Crippen LogP contribution in [0.15, 0.2) is 57.8 Å². The van der Waals surface area contributed by atoms with Gasteiger partial charge in [-0.2, -0.15) is 4.31 Å². The van der Waals surface area contributed by atoms with Crippen LogP contribution in [0.5, 0.6) is 0 Å². The Morgan fingerprint density at radius 1 is 1.03 bits per heavy atom. The van der Waals surface area contributed by atoms with Gasteiger partial charge in [-0.15, -0.1) is 5.10 Å². The van der Waals surface area contributed by atoms with E-state index >= 15 is 0 Å². The van der Waals surface area contributed by atoms with Crippen molar-refractivity contribution in [2.75, 3.05) is 18.4 Å². The van der Waals surface area contributed by atoms with E-state index in [1.54, 1.807) is 24.3 Å². The molecule has 11 heteroatoms. The third kappa shape index (κ3) is 4.90. The molecule has 1 N–H and O–H groups in total. The molecule has 0 spiro atoms. The summed E-state index contributed by atoms with van der Waals surface area (Å²) in [5.74, 6) is -0.674. The molecular formula is C20H18Cl2N4O4S. The molecule has 1 saturated heterocycles. The maximum absolute atomic E-state index is 12.9. The summed E-state index contributed by atoms with van der Waals surface area (Å²) in [4.78, 5) is 12.9. The number of halogens is 2. The minimum Gasteiger partial charge on any atom is -0.403 e. The van der Waals surface area contributed by atoms with Crippen molar-refractivity contribution in [1.82, 2.24) is 14.5 Å². The van der Waals surface area contributed by atoms with Crippen molar-refractivity contribution in [2.45, 2.75) is 17.7 Å². The molecule has 0 saturated carbocycles. The smallest absolute Gasteiger partial charge is 0.322 e. The van der Waals surface area contributed by atoms with Gasteiger partial charge in [0.1, 0.15) is 0 Å². The lowest BCUT2D eigenvalue weighted by molar-refractivity contribution is -0.121. The number of amides is 1. The summed E-state index contributed by atoms with van der Waals surface area (Å²) >= 11 is 11.7. The molecule has 4 rings (SSSR count). The summed E-state index contributed by atoms with van der Waals surface area (Å²) < 4.78 is 32.6. The normalized spacial score (nSPS) is 17.4. The maximum Gasteiger partial charge on any atom is 0.322 e. The molecule has 1 atom stereocenters. The molecule has 2 heterocycles. The third-order valence-electron chi connectivity index (χ3n) is 4.95. The Labute approximate surface area is 189 Å². The number of sulfonamides is 1. The van der Waals surface area contributed by atoms with Crippen LogP contribution in [0, 0.1) is 5.92 Å². The average molecular weight is 481 g/mol. The molecule has 8 nitrogen and oxygen atoms in total. The fourth-order valence-corrected chi connectivity index (χ4v) is 5.10. The van der Waals surface area contributed by atoms with E-state index in [1.165, 1.54) is 28.6 Å². The molecule has 162 valence electrons. The highest BCUT2D eigenvalue weighted by molar-refractivity contribution is 7.89. The van der Waals surface area contributed by atoms with Crippen LogP contribution in [0.3, 0.4) is 0 Å². The first-order valence-corrected chi connectivity index (χ1v) is 11.7. The molecule has 0 bridgehead atoms. The molecule has 1 amide bonds. The summed E-state index contributed by atoms with van der Waals surface area (Å²) in [7, 11) is -3.72. The molecule has 0 aliphatic carbocycles. The summed E-state index contributed by atoms with van der Waals surface area (Å²) in [6, 6.07) is 12.7. The predicted molar refractivity (Wildman–Crippen MR) is 116 cm³/mol. The number of carbonyl (C=O) groups is 1.